The van der Waals surface area contributed by atoms with Gasteiger partial charge in [-0.25, -0.2) is 24.0 Å². The highest BCUT2D eigenvalue weighted by Gasteiger charge is 2.55. The van der Waals surface area contributed by atoms with Crippen LogP contribution in [-0.2, 0) is 118 Å². The lowest BCUT2D eigenvalue weighted by molar-refractivity contribution is -0.0500. The quantitative estimate of drug-likeness (QED) is 0.00987. The Labute approximate surface area is 776 Å². The zero-order valence-corrected chi connectivity index (χ0v) is 74.5. The van der Waals surface area contributed by atoms with Crippen molar-refractivity contribution in [2.75, 3.05) is 34.3 Å². The summed E-state index contributed by atoms with van der Waals surface area (Å²) in [5, 5.41) is 83.4. The molecule has 137 heavy (non-hydrogen) atoms. The number of cyclic esters (lactones) is 4. The second-order valence-corrected chi connectivity index (χ2v) is 35.3. The SMILES string of the molecule is CC1(C)OB(c2c3c(c(-c4ccc5c(c4)OCO5)c4cc(CO)c(CO)cc24)C(=O)OC3)OC1(C)C.COc1ccc(C(=O)Oc2c3c(c(-c4ccc5c(c4)OCO5)c4cc(CO)c(CO)cc24)C(=O)OC3)cc1.Cc1c2c(c(-c3ccc4c(c3)OCO4)c3cc(CO)c(CO)cc13)C(=O)OC2.O=C1OCc2c1c(-c1ccc3c(c1)OCO3)c1cc(CO)c(CO)cc1c2OS(=O)(=O)C(F)(F)F. The molecule has 13 aromatic rings. The summed E-state index contributed by atoms with van der Waals surface area (Å²) in [4.78, 5) is 64.8. The van der Waals surface area contributed by atoms with Crippen LogP contribution in [0.3, 0.4) is 0 Å². The topological polar surface area (TPSA) is 438 Å². The van der Waals surface area contributed by atoms with Crippen molar-refractivity contribution in [3.8, 4) is 108 Å². The monoisotopic (exact) mass is 1890 g/mol. The number of halogens is 3. The minimum Gasteiger partial charge on any atom is -0.497 e. The smallest absolute Gasteiger partial charge is 0.497 e. The third-order valence-corrected chi connectivity index (χ3v) is 26.8. The lowest BCUT2D eigenvalue weighted by Crippen LogP contribution is -2.41. The first-order chi connectivity index (χ1) is 65.8. The summed E-state index contributed by atoms with van der Waals surface area (Å²) in [7, 11) is -5.34. The van der Waals surface area contributed by atoms with Crippen molar-refractivity contribution >= 4 is 95.6 Å². The maximum atomic E-state index is 13.2. The Kier molecular flexibility index (Phi) is 23.9. The second kappa shape index (κ2) is 35.7. The fourth-order valence-electron chi connectivity index (χ4n) is 18.2. The van der Waals surface area contributed by atoms with Gasteiger partial charge in [-0.15, -0.1) is 0 Å². The first kappa shape index (κ1) is 91.8. The summed E-state index contributed by atoms with van der Waals surface area (Å²) in [6.45, 7) is 7.15. The predicted octanol–water partition coefficient (Wildman–Crippen LogP) is 13.6. The fraction of sp³-hybridized carbons (Fsp3) is 0.250. The minimum absolute atomic E-state index is 0.0315. The van der Waals surface area contributed by atoms with E-state index in [1.165, 1.54) is 19.2 Å². The van der Waals surface area contributed by atoms with Gasteiger partial charge in [0.2, 0.25) is 27.2 Å². The number of aryl methyl sites for hydroxylation is 1. The van der Waals surface area contributed by atoms with Gasteiger partial charge in [0.1, 0.15) is 37.9 Å². The molecular weight excluding hydrogens is 1810 g/mol. The molecule has 37 heteroatoms. The Bertz CT molecular complexity index is 7400. The first-order valence-corrected chi connectivity index (χ1v) is 44.2. The van der Waals surface area contributed by atoms with Gasteiger partial charge < -0.3 is 121 Å². The van der Waals surface area contributed by atoms with Gasteiger partial charge in [0.05, 0.1) is 99.0 Å². The highest BCUT2D eigenvalue weighted by Crippen LogP contribution is 2.54. The molecule has 704 valence electrons. The van der Waals surface area contributed by atoms with Crippen LogP contribution < -0.4 is 57.0 Å². The number of hydrogen-bond acceptors (Lipinski definition) is 32. The molecule has 1 saturated heterocycles. The summed E-state index contributed by atoms with van der Waals surface area (Å²) in [6, 6.07) is 40.9. The van der Waals surface area contributed by atoms with E-state index < -0.39 is 83.4 Å². The van der Waals surface area contributed by atoms with Crippen molar-refractivity contribution in [3.63, 3.8) is 0 Å². The van der Waals surface area contributed by atoms with Gasteiger partial charge in [-0.1, -0.05) is 24.3 Å². The van der Waals surface area contributed by atoms with Crippen LogP contribution in [0.4, 0.5) is 13.2 Å². The van der Waals surface area contributed by atoms with E-state index in [-0.39, 0.29) is 148 Å². The number of ether oxygens (including phenoxy) is 14. The van der Waals surface area contributed by atoms with Crippen molar-refractivity contribution in [2.24, 2.45) is 0 Å². The molecule has 13 aromatic carbocycles. The minimum atomic E-state index is -6.12. The standard InChI is InChI=1S/C29H22O9.C27H27BO8.C22H15F3O9S.C22H18O6/c1-34-19-5-2-15(3-6-19)28(32)38-27-21-9-18(12-31)17(11-30)8-20(21)25(26-22(27)13-35-29(26)33)16-4-7-23-24(10-16)37-14-36-23;1-26(2)27(3,4)36-28(35-26)24-18-8-16(11-30)15(10-29)7-17(18)22(23-19(24)12-32-25(23)31)14-5-6-20-21(9-14)34-13-33-20;23-22(24,25)35(29,30)34-20-14-4-12(7-27)11(6-26)3-13(14)18(19-15(20)8-31-21(19)28)10-1-2-16-17(5-10)33-9-32-16;1-11-15-4-13(7-23)14(8-24)5-16(15)20(21-17(11)9-26-22(21)25)12-2-3-18-19(6-12)28-10-27-18/h2-10,30-31H,11-14H2,1H3;5-9,29-30H,10-13H2,1-4H3;1-5,26-27H,6-9H2;2-6,23-24H,7-10H2,1H3. The van der Waals surface area contributed by atoms with Crippen LogP contribution in [-0.4, -0.2) is 137 Å². The lowest BCUT2D eigenvalue weighted by Gasteiger charge is -2.32. The van der Waals surface area contributed by atoms with E-state index in [2.05, 4.69) is 4.18 Å². The second-order valence-electron chi connectivity index (χ2n) is 33.8. The number of rotatable bonds is 18. The van der Waals surface area contributed by atoms with E-state index in [4.69, 9.17) is 75.6 Å². The Morgan fingerprint density at radius 1 is 0.365 bits per heavy atom. The molecule has 22 rings (SSSR count). The summed E-state index contributed by atoms with van der Waals surface area (Å²) in [5.74, 6) is 1.52. The van der Waals surface area contributed by atoms with E-state index in [9.17, 15) is 86.4 Å². The number of esters is 5. The summed E-state index contributed by atoms with van der Waals surface area (Å²) in [5.41, 5.74) is 6.28. The third-order valence-electron chi connectivity index (χ3n) is 25.9. The molecular formula is C100H82BF3O32S. The van der Waals surface area contributed by atoms with E-state index >= 15 is 0 Å². The van der Waals surface area contributed by atoms with Crippen molar-refractivity contribution in [3.05, 3.63) is 246 Å². The average molecular weight is 1900 g/mol. The average Bonchev–Trinajstić information content (AvgIpc) is 1.60. The van der Waals surface area contributed by atoms with E-state index in [1.54, 1.807) is 72.8 Å². The zero-order chi connectivity index (χ0) is 96.3. The number of methoxy groups -OCH3 is 1. The molecule has 0 unspecified atom stereocenters. The Morgan fingerprint density at radius 2 is 0.657 bits per heavy atom. The van der Waals surface area contributed by atoms with Gasteiger partial charge in [0.15, 0.2) is 51.7 Å². The normalized spacial score (nSPS) is 15.5. The molecule has 9 aliphatic heterocycles. The molecule has 9 aliphatic rings. The molecule has 0 bridgehead atoms. The number of carbonyl (C=O) groups is 5. The molecule has 0 saturated carbocycles. The maximum Gasteiger partial charge on any atom is 0.534 e. The number of carbonyl (C=O) groups excluding carboxylic acids is 5. The molecule has 0 aromatic heterocycles. The van der Waals surface area contributed by atoms with Gasteiger partial charge in [-0.2, -0.15) is 21.6 Å². The van der Waals surface area contributed by atoms with Crippen LogP contribution in [0.1, 0.15) is 152 Å². The van der Waals surface area contributed by atoms with Crippen molar-refractivity contribution in [1.82, 2.24) is 0 Å². The van der Waals surface area contributed by atoms with Crippen LogP contribution in [0.2, 0.25) is 0 Å². The highest BCUT2D eigenvalue weighted by atomic mass is 32.2. The fourth-order valence-corrected chi connectivity index (χ4v) is 18.7. The van der Waals surface area contributed by atoms with Crippen LogP contribution in [0.5, 0.6) is 63.2 Å². The Balaban J connectivity index is 0.000000118. The maximum absolute atomic E-state index is 13.2. The highest BCUT2D eigenvalue weighted by molar-refractivity contribution is 7.88. The molecule has 0 aliphatic carbocycles. The van der Waals surface area contributed by atoms with E-state index in [1.807, 2.05) is 95.3 Å². The van der Waals surface area contributed by atoms with Crippen LogP contribution in [0.25, 0.3) is 87.6 Å². The van der Waals surface area contributed by atoms with E-state index in [0.717, 1.165) is 49.4 Å². The summed E-state index contributed by atoms with van der Waals surface area (Å²) < 4.78 is 157. The molecule has 0 amide bonds. The largest absolute Gasteiger partial charge is 0.534 e. The first-order valence-electron chi connectivity index (χ1n) is 42.8. The van der Waals surface area contributed by atoms with Gasteiger partial charge in [-0.3, -0.25) is 0 Å². The van der Waals surface area contributed by atoms with Crippen LogP contribution in [0, 0.1) is 6.92 Å². The zero-order valence-electron chi connectivity index (χ0n) is 73.7. The summed E-state index contributed by atoms with van der Waals surface area (Å²) in [6.07, 6.45) is 0. The number of hydrogen-bond donors (Lipinski definition) is 8. The number of alkyl halides is 3. The number of benzene rings is 13. The molecule has 0 atom stereocenters. The number of fused-ring (bicyclic) bond motifs is 12. The van der Waals surface area contributed by atoms with Gasteiger partial charge >= 0.3 is 52.6 Å². The lowest BCUT2D eigenvalue weighted by atomic mass is 9.70. The molecule has 1 fully saturated rings. The van der Waals surface area contributed by atoms with Gasteiger partial charge in [0.25, 0.3) is 0 Å². The van der Waals surface area contributed by atoms with E-state index in [0.29, 0.717) is 146 Å². The molecule has 9 heterocycles. The van der Waals surface area contributed by atoms with Crippen LogP contribution >= 0.6 is 0 Å². The predicted molar refractivity (Wildman–Crippen MR) is 480 cm³/mol. The molecule has 0 radical (unpaired) electrons. The van der Waals surface area contributed by atoms with Crippen molar-refractivity contribution in [1.29, 1.82) is 0 Å². The molecule has 0 spiro atoms. The van der Waals surface area contributed by atoms with Gasteiger partial charge in [0, 0.05) is 55.3 Å². The van der Waals surface area contributed by atoms with Crippen LogP contribution in [0.15, 0.2) is 146 Å². The Morgan fingerprint density at radius 3 is 1.01 bits per heavy atom. The third kappa shape index (κ3) is 15.9. The Hall–Kier alpha value is -14.3. The van der Waals surface area contributed by atoms with Gasteiger partial charge in [-0.05, 0) is 266 Å². The molecule has 8 N–H and O–H groups in total. The summed E-state index contributed by atoms with van der Waals surface area (Å²) >= 11 is 0. The number of aliphatic hydroxyl groups is 8. The number of aliphatic hydroxyl groups excluding tert-OH is 8. The van der Waals surface area contributed by atoms with Crippen molar-refractivity contribution in [2.45, 2.75) is 131 Å². The van der Waals surface area contributed by atoms with Crippen molar-refractivity contribution < 1.29 is 166 Å². The molecule has 32 nitrogen and oxygen atoms in total.